The number of phenolic OH excluding ortho intramolecular Hbond substituents is 3. The third-order valence-corrected chi connectivity index (χ3v) is 6.63. The van der Waals surface area contributed by atoms with Crippen molar-refractivity contribution in [1.82, 2.24) is 0 Å². The summed E-state index contributed by atoms with van der Waals surface area (Å²) < 4.78 is 11.5. The maximum Gasteiger partial charge on any atom is 0.121 e. The first-order chi connectivity index (χ1) is 20.5. The van der Waals surface area contributed by atoms with Gasteiger partial charge in [0.15, 0.2) is 0 Å². The Morgan fingerprint density at radius 2 is 0.795 bits per heavy atom. The van der Waals surface area contributed by atoms with E-state index in [2.05, 4.69) is 44.2 Å². The van der Waals surface area contributed by atoms with Gasteiger partial charge in [-0.15, -0.1) is 0 Å². The first-order valence-corrected chi connectivity index (χ1v) is 14.2. The fourth-order valence-electron chi connectivity index (χ4n) is 4.43. The Hall–Kier alpha value is -5.90. The maximum atomic E-state index is 9.66. The third kappa shape index (κ3) is 10.8. The van der Waals surface area contributed by atoms with Crippen LogP contribution in [-0.4, -0.2) is 15.3 Å². The number of rotatable bonds is 6. The summed E-state index contributed by atoms with van der Waals surface area (Å²) in [5, 5.41) is 27.9. The number of aryl methyl sites for hydroxylation is 6. The number of hydrogen-bond acceptors (Lipinski definition) is 5. The van der Waals surface area contributed by atoms with Crippen molar-refractivity contribution >= 4 is 0 Å². The molecule has 0 saturated carbocycles. The Kier molecular flexibility index (Phi) is 12.9. The number of hydrogen-bond donors (Lipinski definition) is 3. The molecule has 0 unspecified atom stereocenters. The van der Waals surface area contributed by atoms with Gasteiger partial charge in [0.25, 0.3) is 0 Å². The van der Waals surface area contributed by atoms with Crippen molar-refractivity contribution in [2.75, 3.05) is 0 Å². The van der Waals surface area contributed by atoms with Gasteiger partial charge in [-0.05, 0) is 122 Å². The molecule has 0 saturated heterocycles. The molecule has 0 radical (unpaired) electrons. The summed E-state index contributed by atoms with van der Waals surface area (Å²) in [7, 11) is 0. The quantitative estimate of drug-likeness (QED) is 0.149. The SMILES string of the molecule is Cc1cc(C)cc(OCc2ccccc2)c1.Cc1cc(O)cc(C)c1O.Cc1cc(OCc2ccccc2)cc(C)c1O.[Rf]. The first kappa shape index (κ1) is 34.3. The van der Waals surface area contributed by atoms with Crippen LogP contribution < -0.4 is 9.47 Å². The van der Waals surface area contributed by atoms with Gasteiger partial charge in [-0.2, -0.15) is 0 Å². The monoisotopic (exact) mass is 845 g/mol. The Morgan fingerprint density at radius 3 is 1.18 bits per heavy atom. The molecule has 6 heteroatoms. The molecule has 5 nitrogen and oxygen atoms in total. The zero-order chi connectivity index (χ0) is 31.4. The predicted octanol–water partition coefficient (Wildman–Crippen LogP) is 9.19. The number of phenols is 3. The van der Waals surface area contributed by atoms with Crippen molar-refractivity contribution in [2.45, 2.75) is 54.8 Å². The summed E-state index contributed by atoms with van der Waals surface area (Å²) >= 11 is 0. The van der Waals surface area contributed by atoms with E-state index in [-0.39, 0.29) is 11.5 Å². The molecule has 226 valence electrons. The van der Waals surface area contributed by atoms with E-state index in [1.165, 1.54) is 28.8 Å². The van der Waals surface area contributed by atoms with E-state index in [1.807, 2.05) is 74.5 Å². The maximum absolute atomic E-state index is 9.66. The molecule has 0 fully saturated rings. The molecule has 0 spiro atoms. The summed E-state index contributed by atoms with van der Waals surface area (Å²) in [6.07, 6.45) is 0. The molecule has 5 aromatic rings. The molecule has 5 rings (SSSR count). The predicted molar refractivity (Wildman–Crippen MR) is 174 cm³/mol. The van der Waals surface area contributed by atoms with Crippen LogP contribution in [0.4, 0.5) is 0 Å². The standard InChI is InChI=1S/C15H16O2.C15H16O.C8H10O2.Rf/c1-11-8-14(9-12(2)15(11)16)17-10-13-6-4-3-5-7-13;1-12-8-13(2)10-15(9-12)16-11-14-6-4-3-5-7-14;1-5-3-7(9)4-6(2)8(5)10;/h3-9,16H,10H2,1-2H3;3-10H,11H2,1-2H3;3-4,9-10H,1-2H3;. The third-order valence-electron chi connectivity index (χ3n) is 6.63. The fraction of sp³-hybridized carbons (Fsp3) is 0.211. The van der Waals surface area contributed by atoms with Crippen LogP contribution in [0.2, 0.25) is 0 Å². The summed E-state index contributed by atoms with van der Waals surface area (Å²) in [5.74, 6) is 2.55. The van der Waals surface area contributed by atoms with Gasteiger partial charge in [-0.1, -0.05) is 66.7 Å². The van der Waals surface area contributed by atoms with E-state index in [0.717, 1.165) is 28.2 Å². The molecule has 0 aliphatic heterocycles. The van der Waals surface area contributed by atoms with Gasteiger partial charge >= 0.3 is 0 Å². The Morgan fingerprint density at radius 1 is 0.455 bits per heavy atom. The Balaban J connectivity index is 0.000000235. The van der Waals surface area contributed by atoms with Crippen LogP contribution in [0.25, 0.3) is 0 Å². The second-order valence-electron chi connectivity index (χ2n) is 10.7. The molecule has 0 heterocycles. The number of aromatic hydroxyl groups is 3. The molecule has 0 atom stereocenters. The topological polar surface area (TPSA) is 79.2 Å². The summed E-state index contributed by atoms with van der Waals surface area (Å²) in [4.78, 5) is 0. The van der Waals surface area contributed by atoms with E-state index in [4.69, 9.17) is 14.6 Å². The van der Waals surface area contributed by atoms with Crippen LogP contribution >= 0.6 is 0 Å². The molecular formula is C38H42O5Rf. The zero-order valence-electron chi connectivity index (χ0n) is 26.6. The first-order valence-electron chi connectivity index (χ1n) is 14.2. The summed E-state index contributed by atoms with van der Waals surface area (Å²) in [6, 6.07) is 33.3. The van der Waals surface area contributed by atoms with E-state index in [1.54, 1.807) is 13.8 Å². The molecule has 44 heavy (non-hydrogen) atoms. The van der Waals surface area contributed by atoms with Crippen LogP contribution in [0.15, 0.2) is 103 Å². The normalized spacial score (nSPS) is 9.86. The van der Waals surface area contributed by atoms with E-state index in [9.17, 15) is 10.2 Å². The summed E-state index contributed by atoms with van der Waals surface area (Å²) in [5.41, 5.74) is 7.90. The largest absolute Gasteiger partial charge is 0.508 e. The fourth-order valence-corrected chi connectivity index (χ4v) is 4.43. The van der Waals surface area contributed by atoms with Gasteiger partial charge in [0.05, 0.1) is 0 Å². The molecule has 0 aliphatic rings. The second-order valence-corrected chi connectivity index (χ2v) is 10.7. The zero-order valence-corrected chi connectivity index (χ0v) is 33.0. The van der Waals surface area contributed by atoms with Crippen molar-refractivity contribution in [3.8, 4) is 28.7 Å². The van der Waals surface area contributed by atoms with Crippen molar-refractivity contribution in [1.29, 1.82) is 0 Å². The number of benzene rings is 5. The molecule has 0 amide bonds. The second kappa shape index (κ2) is 16.5. The van der Waals surface area contributed by atoms with E-state index in [0.29, 0.717) is 30.1 Å². The van der Waals surface area contributed by atoms with Crippen LogP contribution in [0.1, 0.15) is 44.5 Å². The molecule has 0 aromatic heterocycles. The van der Waals surface area contributed by atoms with Gasteiger partial charge in [0, 0.05) is 0 Å². The average molecular weight is 846 g/mol. The minimum atomic E-state index is 0. The van der Waals surface area contributed by atoms with Crippen LogP contribution in [0, 0.1) is 41.5 Å². The van der Waals surface area contributed by atoms with Gasteiger partial charge in [0.2, 0.25) is 0 Å². The molecule has 5 aromatic carbocycles. The minimum absolute atomic E-state index is 0. The van der Waals surface area contributed by atoms with Crippen LogP contribution in [-0.2, 0) is 13.2 Å². The molecule has 0 bridgehead atoms. The van der Waals surface area contributed by atoms with Gasteiger partial charge in [-0.25, -0.2) is 0 Å². The molecule has 0 aliphatic carbocycles. The Bertz CT molecular complexity index is 1530. The molecule has 3 N–H and O–H groups in total. The Labute approximate surface area is 255 Å². The smallest absolute Gasteiger partial charge is 0.121 e. The van der Waals surface area contributed by atoms with Crippen molar-refractivity contribution in [2.24, 2.45) is 0 Å². The van der Waals surface area contributed by atoms with Gasteiger partial charge in [-0.3, -0.25) is 0 Å². The van der Waals surface area contributed by atoms with E-state index >= 15 is 0 Å². The average Bonchev–Trinajstić information content (AvgIpc) is 2.98. The van der Waals surface area contributed by atoms with Gasteiger partial charge < -0.3 is 24.8 Å². The van der Waals surface area contributed by atoms with Crippen LogP contribution in [0.3, 0.4) is 0 Å². The minimum Gasteiger partial charge on any atom is -0.508 e. The van der Waals surface area contributed by atoms with Crippen molar-refractivity contribution < 1.29 is 24.8 Å². The van der Waals surface area contributed by atoms with Gasteiger partial charge in [0.1, 0.15) is 42.0 Å². The van der Waals surface area contributed by atoms with Crippen molar-refractivity contribution in [3.63, 3.8) is 0 Å². The van der Waals surface area contributed by atoms with Crippen LogP contribution in [0.5, 0.6) is 28.7 Å². The number of ether oxygens (including phenoxy) is 2. The van der Waals surface area contributed by atoms with Crippen molar-refractivity contribution in [3.05, 3.63) is 148 Å². The molecular weight excluding hydrogens is 803 g/mol. The summed E-state index contributed by atoms with van der Waals surface area (Å²) in [6.45, 7) is 12.6. The van der Waals surface area contributed by atoms with E-state index < -0.39 is 0 Å².